The van der Waals surface area contributed by atoms with Gasteiger partial charge in [-0.15, -0.1) is 0 Å². The molecule has 22 heavy (non-hydrogen) atoms. The summed E-state index contributed by atoms with van der Waals surface area (Å²) >= 11 is 0. The fourth-order valence-corrected chi connectivity index (χ4v) is 2.36. The van der Waals surface area contributed by atoms with Gasteiger partial charge in [-0.1, -0.05) is 18.2 Å². The second-order valence-electron chi connectivity index (χ2n) is 6.04. The molecule has 1 atom stereocenters. The Morgan fingerprint density at radius 2 is 1.86 bits per heavy atom. The molecule has 1 heterocycles. The van der Waals surface area contributed by atoms with Crippen LogP contribution in [-0.4, -0.2) is 35.6 Å². The Morgan fingerprint density at radius 1 is 1.23 bits per heavy atom. The molecule has 0 N–H and O–H groups in total. The number of hydrogen-bond donors (Lipinski definition) is 0. The fourth-order valence-electron chi connectivity index (χ4n) is 2.36. The highest BCUT2D eigenvalue weighted by molar-refractivity contribution is 6.07. The molecule has 0 aliphatic carbocycles. The molecule has 0 radical (unpaired) electrons. The van der Waals surface area contributed by atoms with E-state index in [1.807, 2.05) is 0 Å². The summed E-state index contributed by atoms with van der Waals surface area (Å²) in [4.78, 5) is 37.4. The quantitative estimate of drug-likeness (QED) is 0.785. The molecule has 0 saturated carbocycles. The third kappa shape index (κ3) is 3.10. The summed E-state index contributed by atoms with van der Waals surface area (Å²) in [6.45, 7) is 5.15. The number of hydrogen-bond acceptors (Lipinski definition) is 5. The number of fused-ring (bicyclic) bond motifs is 1. The maximum absolute atomic E-state index is 12.5. The lowest BCUT2D eigenvalue weighted by atomic mass is 10.0. The summed E-state index contributed by atoms with van der Waals surface area (Å²) in [6.07, 6.45) is -0.860. The van der Waals surface area contributed by atoms with E-state index in [2.05, 4.69) is 4.74 Å². The van der Waals surface area contributed by atoms with Crippen molar-refractivity contribution in [2.45, 2.75) is 38.8 Å². The summed E-state index contributed by atoms with van der Waals surface area (Å²) < 4.78 is 9.95. The van der Waals surface area contributed by atoms with Gasteiger partial charge in [0.05, 0.1) is 19.6 Å². The summed E-state index contributed by atoms with van der Waals surface area (Å²) in [5, 5.41) is 0. The average molecular weight is 305 g/mol. The van der Waals surface area contributed by atoms with E-state index in [1.165, 1.54) is 7.11 Å². The van der Waals surface area contributed by atoms with Crippen LogP contribution < -0.4 is 0 Å². The Hall–Kier alpha value is -2.37. The number of esters is 1. The first-order chi connectivity index (χ1) is 10.2. The van der Waals surface area contributed by atoms with E-state index in [9.17, 15) is 14.4 Å². The van der Waals surface area contributed by atoms with E-state index < -0.39 is 29.6 Å². The number of amides is 2. The first kappa shape index (κ1) is 16.0. The van der Waals surface area contributed by atoms with Crippen molar-refractivity contribution >= 4 is 18.0 Å². The SMILES string of the molecule is COC(=O)CC1c2ccccc2C(=O)N1C(=O)OC(C)(C)C. The van der Waals surface area contributed by atoms with Crippen molar-refractivity contribution in [1.29, 1.82) is 0 Å². The third-order valence-corrected chi connectivity index (χ3v) is 3.26. The van der Waals surface area contributed by atoms with Gasteiger partial charge in [0.25, 0.3) is 5.91 Å². The number of methoxy groups -OCH3 is 1. The highest BCUT2D eigenvalue weighted by Gasteiger charge is 2.43. The molecule has 0 bridgehead atoms. The lowest BCUT2D eigenvalue weighted by molar-refractivity contribution is -0.141. The minimum atomic E-state index is -0.761. The summed E-state index contributed by atoms with van der Waals surface area (Å²) in [5.41, 5.74) is 0.299. The van der Waals surface area contributed by atoms with E-state index in [0.29, 0.717) is 11.1 Å². The Bertz CT molecular complexity index is 617. The van der Waals surface area contributed by atoms with Crippen LogP contribution in [0.5, 0.6) is 0 Å². The van der Waals surface area contributed by atoms with Crippen LogP contribution in [0, 0.1) is 0 Å². The molecular weight excluding hydrogens is 286 g/mol. The van der Waals surface area contributed by atoms with Crippen molar-refractivity contribution < 1.29 is 23.9 Å². The van der Waals surface area contributed by atoms with Gasteiger partial charge in [0.2, 0.25) is 0 Å². The van der Waals surface area contributed by atoms with Gasteiger partial charge >= 0.3 is 12.1 Å². The molecule has 1 aromatic rings. The third-order valence-electron chi connectivity index (χ3n) is 3.26. The molecule has 1 aliphatic heterocycles. The molecule has 0 spiro atoms. The van der Waals surface area contributed by atoms with Crippen LogP contribution in [0.3, 0.4) is 0 Å². The van der Waals surface area contributed by atoms with Gasteiger partial charge in [-0.3, -0.25) is 9.59 Å². The molecule has 2 amide bonds. The number of benzene rings is 1. The molecule has 0 saturated heterocycles. The Morgan fingerprint density at radius 3 is 2.45 bits per heavy atom. The van der Waals surface area contributed by atoms with Crippen LogP contribution in [0.2, 0.25) is 0 Å². The number of carbonyl (C=O) groups is 3. The van der Waals surface area contributed by atoms with E-state index in [-0.39, 0.29) is 6.42 Å². The molecule has 118 valence electrons. The van der Waals surface area contributed by atoms with Crippen molar-refractivity contribution in [3.63, 3.8) is 0 Å². The van der Waals surface area contributed by atoms with Gasteiger partial charge < -0.3 is 9.47 Å². The van der Waals surface area contributed by atoms with Gasteiger partial charge in [-0.25, -0.2) is 9.69 Å². The summed E-state index contributed by atoms with van der Waals surface area (Å²) in [6, 6.07) is 6.13. The van der Waals surface area contributed by atoms with Crippen molar-refractivity contribution in [3.05, 3.63) is 35.4 Å². The topological polar surface area (TPSA) is 72.9 Å². The first-order valence-electron chi connectivity index (χ1n) is 6.97. The van der Waals surface area contributed by atoms with Crippen LogP contribution in [0.15, 0.2) is 24.3 Å². The zero-order chi connectivity index (χ0) is 16.5. The predicted octanol–water partition coefficient (Wildman–Crippen LogP) is 2.68. The zero-order valence-electron chi connectivity index (χ0n) is 13.1. The van der Waals surface area contributed by atoms with E-state index in [4.69, 9.17) is 4.74 Å². The van der Waals surface area contributed by atoms with Crippen LogP contribution >= 0.6 is 0 Å². The van der Waals surface area contributed by atoms with Crippen LogP contribution in [0.25, 0.3) is 0 Å². The normalized spacial score (nSPS) is 17.2. The number of nitrogens with zero attached hydrogens (tertiary/aromatic N) is 1. The standard InChI is InChI=1S/C16H19NO5/c1-16(2,3)22-15(20)17-12(9-13(18)21-4)10-7-5-6-8-11(10)14(17)19/h5-8,12H,9H2,1-4H3. The number of imide groups is 1. The molecule has 1 aliphatic rings. The fraction of sp³-hybridized carbons (Fsp3) is 0.438. The van der Waals surface area contributed by atoms with E-state index in [1.54, 1.807) is 45.0 Å². The van der Waals surface area contributed by atoms with Crippen LogP contribution in [0.4, 0.5) is 4.79 Å². The lowest BCUT2D eigenvalue weighted by Gasteiger charge is -2.27. The largest absolute Gasteiger partial charge is 0.469 e. The maximum Gasteiger partial charge on any atom is 0.417 e. The number of carbonyl (C=O) groups excluding carboxylic acids is 3. The maximum atomic E-state index is 12.5. The van der Waals surface area contributed by atoms with Gasteiger partial charge in [-0.2, -0.15) is 0 Å². The van der Waals surface area contributed by atoms with Gasteiger partial charge in [0.1, 0.15) is 5.60 Å². The second kappa shape index (κ2) is 5.79. The van der Waals surface area contributed by atoms with Gasteiger partial charge in [0.15, 0.2) is 0 Å². The minimum absolute atomic E-state index is 0.0987. The highest BCUT2D eigenvalue weighted by atomic mass is 16.6. The van der Waals surface area contributed by atoms with Crippen molar-refractivity contribution in [2.75, 3.05) is 7.11 Å². The average Bonchev–Trinajstić information content (AvgIpc) is 2.70. The Balaban J connectivity index is 2.37. The number of ether oxygens (including phenoxy) is 2. The Kier molecular flexibility index (Phi) is 4.21. The lowest BCUT2D eigenvalue weighted by Crippen LogP contribution is -2.39. The summed E-state index contributed by atoms with van der Waals surface area (Å²) in [5.74, 6) is -0.957. The molecule has 6 heteroatoms. The summed E-state index contributed by atoms with van der Waals surface area (Å²) in [7, 11) is 1.27. The van der Waals surface area contributed by atoms with Crippen LogP contribution in [-0.2, 0) is 14.3 Å². The molecule has 1 aromatic carbocycles. The smallest absolute Gasteiger partial charge is 0.417 e. The molecule has 2 rings (SSSR count). The van der Waals surface area contributed by atoms with Crippen molar-refractivity contribution in [1.82, 2.24) is 4.90 Å². The zero-order valence-corrected chi connectivity index (χ0v) is 13.1. The van der Waals surface area contributed by atoms with E-state index in [0.717, 1.165) is 4.90 Å². The molecular formula is C16H19NO5. The first-order valence-corrected chi connectivity index (χ1v) is 6.97. The predicted molar refractivity (Wildman–Crippen MR) is 78.2 cm³/mol. The molecule has 0 aromatic heterocycles. The van der Waals surface area contributed by atoms with Gasteiger partial charge in [0, 0.05) is 5.56 Å². The highest BCUT2D eigenvalue weighted by Crippen LogP contribution is 2.37. The molecule has 0 fully saturated rings. The molecule has 6 nitrogen and oxygen atoms in total. The second-order valence-corrected chi connectivity index (χ2v) is 6.04. The van der Waals surface area contributed by atoms with Crippen molar-refractivity contribution in [2.24, 2.45) is 0 Å². The van der Waals surface area contributed by atoms with E-state index >= 15 is 0 Å². The minimum Gasteiger partial charge on any atom is -0.469 e. The van der Waals surface area contributed by atoms with Crippen LogP contribution in [0.1, 0.15) is 49.2 Å². The molecule has 1 unspecified atom stereocenters. The van der Waals surface area contributed by atoms with Crippen molar-refractivity contribution in [3.8, 4) is 0 Å². The van der Waals surface area contributed by atoms with Gasteiger partial charge in [-0.05, 0) is 32.4 Å². The number of rotatable bonds is 2. The monoisotopic (exact) mass is 305 g/mol. The Labute approximate surface area is 129 Å².